The van der Waals surface area contributed by atoms with E-state index >= 15 is 4.39 Å². The number of rotatable bonds is 7. The molecule has 0 radical (unpaired) electrons. The van der Waals surface area contributed by atoms with E-state index in [1.165, 1.54) is 13.4 Å². The Hall–Kier alpha value is -4.23. The molecule has 7 heteroatoms. The second-order valence-corrected chi connectivity index (χ2v) is 6.93. The Balaban J connectivity index is 0.00000149. The summed E-state index contributed by atoms with van der Waals surface area (Å²) in [5, 5.41) is 5.02. The number of aliphatic imine (C=N–C) groups is 1. The topological polar surface area (TPSA) is 93.3 Å². The van der Waals surface area contributed by atoms with E-state index in [1.807, 2.05) is 30.3 Å². The molecule has 4 rings (SSSR count). The van der Waals surface area contributed by atoms with Crippen LogP contribution in [0.1, 0.15) is 21.5 Å². The van der Waals surface area contributed by atoms with Gasteiger partial charge in [-0.1, -0.05) is 43.0 Å². The lowest BCUT2D eigenvalue weighted by atomic mass is 10.0. The smallest absolute Gasteiger partial charge is 0.191 e. The van der Waals surface area contributed by atoms with E-state index < -0.39 is 5.82 Å². The highest BCUT2D eigenvalue weighted by Crippen LogP contribution is 2.29. The first-order valence-corrected chi connectivity index (χ1v) is 10.2. The van der Waals surface area contributed by atoms with Crippen LogP contribution in [0.3, 0.4) is 0 Å². The average Bonchev–Trinajstić information content (AvgIpc) is 2.88. The summed E-state index contributed by atoms with van der Waals surface area (Å²) in [6.45, 7) is 7.68. The van der Waals surface area contributed by atoms with Crippen LogP contribution in [0, 0.1) is 5.82 Å². The van der Waals surface area contributed by atoms with Crippen molar-refractivity contribution in [3.63, 3.8) is 0 Å². The zero-order chi connectivity index (χ0) is 23.8. The zero-order valence-electron chi connectivity index (χ0n) is 18.3. The van der Waals surface area contributed by atoms with Crippen molar-refractivity contribution < 1.29 is 9.18 Å². The van der Waals surface area contributed by atoms with Gasteiger partial charge in [0.05, 0.1) is 5.69 Å². The molecule has 0 unspecified atom stereocenters. The fourth-order valence-corrected chi connectivity index (χ4v) is 3.39. The lowest BCUT2D eigenvalue weighted by molar-refractivity contribution is 0.112. The normalized spacial score (nSPS) is 10.2. The predicted molar refractivity (Wildman–Crippen MR) is 133 cm³/mol. The number of halogens is 1. The highest BCUT2D eigenvalue weighted by atomic mass is 19.1. The molecule has 33 heavy (non-hydrogen) atoms. The molecule has 1 heterocycles. The largest absolute Gasteiger partial charge is 0.363 e. The third kappa shape index (κ3) is 5.16. The van der Waals surface area contributed by atoms with Crippen LogP contribution >= 0.6 is 0 Å². The minimum absolute atomic E-state index is 0.118. The predicted octanol–water partition coefficient (Wildman–Crippen LogP) is 5.41. The summed E-state index contributed by atoms with van der Waals surface area (Å²) < 4.78 is 15.1. The van der Waals surface area contributed by atoms with Gasteiger partial charge in [-0.25, -0.2) is 14.4 Å². The number of benzene rings is 3. The van der Waals surface area contributed by atoms with Crippen molar-refractivity contribution in [1.29, 1.82) is 0 Å². The van der Waals surface area contributed by atoms with Crippen molar-refractivity contribution >= 4 is 41.4 Å². The van der Waals surface area contributed by atoms with Crippen LogP contribution in [0.25, 0.3) is 28.1 Å². The highest BCUT2D eigenvalue weighted by molar-refractivity contribution is 5.89. The molecule has 0 saturated heterocycles. The monoisotopic (exact) mass is 441 g/mol. The molecule has 1 aromatic heterocycles. The molecular formula is C26H24FN5O. The SMILES string of the molecule is C=Cc1cc(-c2ncnc(NCc3ccc4cc(C=O)ccc4c3)c2F)ccc1N=C.CN. The van der Waals surface area contributed by atoms with Crippen LogP contribution in [0.4, 0.5) is 15.9 Å². The Labute approximate surface area is 191 Å². The first-order valence-electron chi connectivity index (χ1n) is 10.2. The van der Waals surface area contributed by atoms with Crippen molar-refractivity contribution in [3.8, 4) is 11.3 Å². The van der Waals surface area contributed by atoms with Gasteiger partial charge < -0.3 is 11.1 Å². The van der Waals surface area contributed by atoms with Crippen molar-refractivity contribution in [3.05, 3.63) is 90.0 Å². The number of nitrogens with one attached hydrogen (secondary N) is 1. The van der Waals surface area contributed by atoms with E-state index in [0.717, 1.165) is 28.2 Å². The van der Waals surface area contributed by atoms with Gasteiger partial charge in [0.15, 0.2) is 11.6 Å². The summed E-state index contributed by atoms with van der Waals surface area (Å²) in [4.78, 5) is 23.0. The maximum atomic E-state index is 15.1. The van der Waals surface area contributed by atoms with Gasteiger partial charge in [0.1, 0.15) is 18.3 Å². The molecule has 0 bridgehead atoms. The number of hydrogen-bond donors (Lipinski definition) is 2. The molecule has 4 aromatic rings. The Morgan fingerprint density at radius 3 is 2.55 bits per heavy atom. The number of aldehydes is 1. The lowest BCUT2D eigenvalue weighted by Gasteiger charge is -2.11. The fraction of sp³-hybridized carbons (Fsp3) is 0.0769. The van der Waals surface area contributed by atoms with Gasteiger partial charge in [0.2, 0.25) is 0 Å². The summed E-state index contributed by atoms with van der Waals surface area (Å²) in [5.41, 5.74) is 8.29. The number of nitrogens with two attached hydrogens (primary N) is 1. The Kier molecular flexibility index (Phi) is 7.73. The number of fused-ring (bicyclic) bond motifs is 1. The summed E-state index contributed by atoms with van der Waals surface area (Å²) in [6, 6.07) is 16.6. The van der Waals surface area contributed by atoms with Crippen molar-refractivity contribution in [1.82, 2.24) is 9.97 Å². The van der Waals surface area contributed by atoms with E-state index in [9.17, 15) is 4.79 Å². The van der Waals surface area contributed by atoms with Gasteiger partial charge in [-0.15, -0.1) is 0 Å². The minimum Gasteiger partial charge on any atom is -0.363 e. The maximum Gasteiger partial charge on any atom is 0.191 e. The van der Waals surface area contributed by atoms with E-state index in [-0.39, 0.29) is 11.5 Å². The maximum absolute atomic E-state index is 15.1. The molecule has 0 aliphatic carbocycles. The minimum atomic E-state index is -0.534. The molecule has 0 amide bonds. The molecule has 6 nitrogen and oxygen atoms in total. The molecule has 3 aromatic carbocycles. The number of nitrogens with zero attached hydrogens (tertiary/aromatic N) is 3. The fourth-order valence-electron chi connectivity index (χ4n) is 3.39. The Morgan fingerprint density at radius 2 is 1.82 bits per heavy atom. The van der Waals surface area contributed by atoms with Gasteiger partial charge in [-0.3, -0.25) is 9.79 Å². The molecule has 0 spiro atoms. The number of hydrogen-bond acceptors (Lipinski definition) is 6. The number of anilines is 1. The molecule has 0 aliphatic heterocycles. The third-order valence-electron chi connectivity index (χ3n) is 5.01. The van der Waals surface area contributed by atoms with Crippen LogP contribution in [0.5, 0.6) is 0 Å². The molecule has 0 saturated carbocycles. The molecule has 0 aliphatic rings. The van der Waals surface area contributed by atoms with E-state index in [2.05, 4.69) is 39.3 Å². The average molecular weight is 442 g/mol. The van der Waals surface area contributed by atoms with Crippen LogP contribution in [-0.4, -0.2) is 30.0 Å². The van der Waals surface area contributed by atoms with Crippen LogP contribution in [-0.2, 0) is 6.54 Å². The van der Waals surface area contributed by atoms with E-state index in [1.54, 1.807) is 30.3 Å². The molecule has 166 valence electrons. The van der Waals surface area contributed by atoms with Crippen molar-refractivity contribution in [2.24, 2.45) is 10.7 Å². The lowest BCUT2D eigenvalue weighted by Crippen LogP contribution is -2.05. The first kappa shape index (κ1) is 23.4. The molecular weight excluding hydrogens is 417 g/mol. The second kappa shape index (κ2) is 10.9. The van der Waals surface area contributed by atoms with Gasteiger partial charge >= 0.3 is 0 Å². The molecule has 0 fully saturated rings. The van der Waals surface area contributed by atoms with E-state index in [0.29, 0.717) is 23.4 Å². The van der Waals surface area contributed by atoms with Gasteiger partial charge in [0, 0.05) is 23.2 Å². The Morgan fingerprint density at radius 1 is 1.06 bits per heavy atom. The van der Waals surface area contributed by atoms with Gasteiger partial charge in [0.25, 0.3) is 0 Å². The summed E-state index contributed by atoms with van der Waals surface area (Å²) in [5.74, 6) is -0.416. The van der Waals surface area contributed by atoms with Gasteiger partial charge in [-0.05, 0) is 54.4 Å². The number of carbonyl (C=O) groups excluding carboxylic acids is 1. The first-order chi connectivity index (χ1) is 16.1. The van der Waals surface area contributed by atoms with Crippen LogP contribution in [0.2, 0.25) is 0 Å². The van der Waals surface area contributed by atoms with Crippen molar-refractivity contribution in [2.45, 2.75) is 6.54 Å². The highest BCUT2D eigenvalue weighted by Gasteiger charge is 2.14. The molecule has 0 atom stereocenters. The number of aromatic nitrogens is 2. The molecule has 3 N–H and O–H groups in total. The van der Waals surface area contributed by atoms with Crippen LogP contribution in [0.15, 0.2) is 72.5 Å². The third-order valence-corrected chi connectivity index (χ3v) is 5.01. The summed E-state index contributed by atoms with van der Waals surface area (Å²) >= 11 is 0. The van der Waals surface area contributed by atoms with Crippen molar-refractivity contribution in [2.75, 3.05) is 12.4 Å². The summed E-state index contributed by atoms with van der Waals surface area (Å²) in [6.07, 6.45) is 3.79. The number of carbonyl (C=O) groups is 1. The quantitative estimate of drug-likeness (QED) is 0.295. The van der Waals surface area contributed by atoms with Crippen LogP contribution < -0.4 is 11.1 Å². The Bertz CT molecular complexity index is 1320. The van der Waals surface area contributed by atoms with Gasteiger partial charge in [-0.2, -0.15) is 0 Å². The standard InChI is InChI=1S/C25H19FN4O.CH5N/c1-3-18-12-21(8-9-22(18)27-2)24-23(26)25(30-15-29-24)28-13-16-4-6-20-11-17(14-31)5-7-19(20)10-16;1-2/h3-12,14-15H,1-2,13H2,(H,28,29,30);2H2,1H3. The zero-order valence-corrected chi connectivity index (χ0v) is 18.3. The van der Waals surface area contributed by atoms with E-state index in [4.69, 9.17) is 0 Å². The second-order valence-electron chi connectivity index (χ2n) is 6.93. The summed E-state index contributed by atoms with van der Waals surface area (Å²) in [7, 11) is 1.50.